The van der Waals surface area contributed by atoms with E-state index in [4.69, 9.17) is 24.4 Å². The maximum Gasteiger partial charge on any atom is 0.307 e. The lowest BCUT2D eigenvalue weighted by molar-refractivity contribution is -0.136. The molecule has 5 rings (SSSR count). The van der Waals surface area contributed by atoms with Crippen molar-refractivity contribution in [2.45, 2.75) is 19.6 Å². The molecule has 6 nitrogen and oxygen atoms in total. The fourth-order valence-electron chi connectivity index (χ4n) is 4.04. The number of ether oxygens (including phenoxy) is 1. The third-order valence-electron chi connectivity index (χ3n) is 5.64. The highest BCUT2D eigenvalue weighted by molar-refractivity contribution is 6.10. The van der Waals surface area contributed by atoms with E-state index < -0.39 is 5.97 Å². The zero-order valence-corrected chi connectivity index (χ0v) is 17.5. The molecular weight excluding hydrogens is 425 g/mol. The zero-order valence-electron chi connectivity index (χ0n) is 17.5. The highest BCUT2D eigenvalue weighted by Gasteiger charge is 2.20. The van der Waals surface area contributed by atoms with Crippen LogP contribution in [0.2, 0.25) is 0 Å². The molecule has 0 atom stereocenters. The van der Waals surface area contributed by atoms with Crippen LogP contribution in [0.3, 0.4) is 0 Å². The molecule has 2 aromatic heterocycles. The molecule has 0 aliphatic heterocycles. The quantitative estimate of drug-likeness (QED) is 0.336. The Bertz CT molecular complexity index is 1480. The minimum Gasteiger partial charge on any atom is -0.488 e. The molecule has 5 aromatic rings. The van der Waals surface area contributed by atoms with Gasteiger partial charge in [-0.15, -0.1) is 0 Å². The van der Waals surface area contributed by atoms with E-state index in [0.29, 0.717) is 39.2 Å². The fourth-order valence-corrected chi connectivity index (χ4v) is 4.04. The van der Waals surface area contributed by atoms with Gasteiger partial charge in [0.05, 0.1) is 24.3 Å². The zero-order chi connectivity index (χ0) is 22.9. The van der Waals surface area contributed by atoms with Gasteiger partial charge in [-0.2, -0.15) is 0 Å². The number of aliphatic carboxylic acids is 1. The second kappa shape index (κ2) is 8.44. The first kappa shape index (κ1) is 20.8. The molecule has 0 saturated heterocycles. The lowest BCUT2D eigenvalue weighted by Gasteiger charge is -2.11. The number of carboxylic acids is 1. The van der Waals surface area contributed by atoms with Gasteiger partial charge in [0, 0.05) is 39.7 Å². The summed E-state index contributed by atoms with van der Waals surface area (Å²) in [6.45, 7) is 0.238. The Kier molecular flexibility index (Phi) is 5.32. The van der Waals surface area contributed by atoms with Crippen molar-refractivity contribution in [2.75, 3.05) is 0 Å². The van der Waals surface area contributed by atoms with Gasteiger partial charge in [0.1, 0.15) is 29.3 Å². The van der Waals surface area contributed by atoms with E-state index in [9.17, 15) is 4.79 Å². The lowest BCUT2D eigenvalue weighted by Crippen LogP contribution is -2.04. The van der Waals surface area contributed by atoms with Gasteiger partial charge in [-0.05, 0) is 18.2 Å². The Morgan fingerprint density at radius 2 is 1.76 bits per heavy atom. The van der Waals surface area contributed by atoms with E-state index >= 15 is 4.39 Å². The normalized spacial score (nSPS) is 11.3. The first-order valence-corrected chi connectivity index (χ1v) is 10.4. The third-order valence-corrected chi connectivity index (χ3v) is 5.64. The predicted molar refractivity (Wildman–Crippen MR) is 121 cm³/mol. The number of carbonyl (C=O) groups is 1. The van der Waals surface area contributed by atoms with Gasteiger partial charge in [-0.3, -0.25) is 4.79 Å². The molecule has 0 amide bonds. The molecule has 0 aliphatic rings. The average Bonchev–Trinajstić information content (AvgIpc) is 3.45. The molecule has 3 N–H and O–H groups in total. The largest absolute Gasteiger partial charge is 0.488 e. The third kappa shape index (κ3) is 3.72. The van der Waals surface area contributed by atoms with E-state index in [1.165, 1.54) is 0 Å². The number of hydrogen-bond acceptors (Lipinski definition) is 5. The Morgan fingerprint density at radius 1 is 0.939 bits per heavy atom. The molecular formula is C26H20FNO5. The van der Waals surface area contributed by atoms with Crippen LogP contribution < -0.4 is 10.5 Å². The highest BCUT2D eigenvalue weighted by atomic mass is 19.1. The van der Waals surface area contributed by atoms with Crippen molar-refractivity contribution in [3.63, 3.8) is 0 Å². The minimum atomic E-state index is -0.937. The van der Waals surface area contributed by atoms with Gasteiger partial charge in [-0.1, -0.05) is 36.4 Å². The highest BCUT2D eigenvalue weighted by Crippen LogP contribution is 2.39. The molecule has 0 spiro atoms. The first-order valence-electron chi connectivity index (χ1n) is 10.4. The molecule has 0 aliphatic carbocycles. The summed E-state index contributed by atoms with van der Waals surface area (Å²) in [5.41, 5.74) is 9.53. The van der Waals surface area contributed by atoms with E-state index in [0.717, 1.165) is 16.3 Å². The van der Waals surface area contributed by atoms with Gasteiger partial charge in [0.15, 0.2) is 0 Å². The van der Waals surface area contributed by atoms with E-state index in [2.05, 4.69) is 0 Å². The molecule has 3 aromatic carbocycles. The summed E-state index contributed by atoms with van der Waals surface area (Å²) in [5, 5.41) is 10.6. The van der Waals surface area contributed by atoms with Gasteiger partial charge in [-0.25, -0.2) is 4.39 Å². The number of hydrogen-bond donors (Lipinski definition) is 2. The summed E-state index contributed by atoms with van der Waals surface area (Å²) in [6.07, 6.45) is 2.99. The van der Waals surface area contributed by atoms with Crippen molar-refractivity contribution < 1.29 is 27.9 Å². The summed E-state index contributed by atoms with van der Waals surface area (Å²) in [6, 6.07) is 15.7. The number of benzene rings is 3. The van der Waals surface area contributed by atoms with Crippen LogP contribution >= 0.6 is 0 Å². The van der Waals surface area contributed by atoms with Crippen LogP contribution in [0, 0.1) is 5.82 Å². The maximum absolute atomic E-state index is 15.1. The van der Waals surface area contributed by atoms with Crippen LogP contribution in [0.4, 0.5) is 4.39 Å². The van der Waals surface area contributed by atoms with Crippen LogP contribution in [0.25, 0.3) is 33.1 Å². The van der Waals surface area contributed by atoms with E-state index in [1.54, 1.807) is 61.1 Å². The van der Waals surface area contributed by atoms with Crippen molar-refractivity contribution in [3.05, 3.63) is 89.6 Å². The van der Waals surface area contributed by atoms with Gasteiger partial charge < -0.3 is 24.4 Å². The van der Waals surface area contributed by atoms with Crippen molar-refractivity contribution >= 4 is 27.9 Å². The summed E-state index contributed by atoms with van der Waals surface area (Å²) in [7, 11) is 0. The monoisotopic (exact) mass is 445 g/mol. The maximum atomic E-state index is 15.1. The Balaban J connectivity index is 1.58. The van der Waals surface area contributed by atoms with Gasteiger partial charge in [0.25, 0.3) is 0 Å². The number of furan rings is 2. The molecule has 33 heavy (non-hydrogen) atoms. The van der Waals surface area contributed by atoms with Gasteiger partial charge >= 0.3 is 5.97 Å². The van der Waals surface area contributed by atoms with Crippen LogP contribution in [-0.2, 0) is 24.4 Å². The van der Waals surface area contributed by atoms with Crippen molar-refractivity contribution in [3.8, 4) is 16.9 Å². The van der Waals surface area contributed by atoms with Crippen LogP contribution in [0.5, 0.6) is 5.75 Å². The molecule has 2 heterocycles. The summed E-state index contributed by atoms with van der Waals surface area (Å²) >= 11 is 0. The Hall–Kier alpha value is -4.10. The molecule has 166 valence electrons. The molecule has 0 bridgehead atoms. The number of nitrogens with two attached hydrogens (primary N) is 1. The first-order chi connectivity index (χ1) is 16.1. The van der Waals surface area contributed by atoms with Crippen molar-refractivity contribution in [1.29, 1.82) is 0 Å². The number of para-hydroxylation sites is 1. The predicted octanol–water partition coefficient (Wildman–Crippen LogP) is 5.65. The van der Waals surface area contributed by atoms with Crippen molar-refractivity contribution in [1.82, 2.24) is 0 Å². The number of fused-ring (bicyclic) bond motifs is 3. The van der Waals surface area contributed by atoms with E-state index in [-0.39, 0.29) is 25.4 Å². The smallest absolute Gasteiger partial charge is 0.307 e. The molecule has 0 saturated carbocycles. The number of carboxylic acid groups (broad SMARTS) is 1. The SMILES string of the molecule is NCc1cccc(-c2cc3c(COc4ccccc4CC(=O)O)coc3c3ccoc23)c1F. The fraction of sp³-hybridized carbons (Fsp3) is 0.115. The number of rotatable bonds is 7. The van der Waals surface area contributed by atoms with E-state index in [1.807, 2.05) is 6.07 Å². The van der Waals surface area contributed by atoms with Crippen molar-refractivity contribution in [2.24, 2.45) is 5.73 Å². The van der Waals surface area contributed by atoms with Crippen LogP contribution in [0.1, 0.15) is 16.7 Å². The Labute approximate surface area is 188 Å². The molecule has 7 heteroatoms. The number of halogens is 1. The topological polar surface area (TPSA) is 98.8 Å². The molecule has 0 radical (unpaired) electrons. The standard InChI is InChI=1S/C26H20FNO5/c27-24-16(12-28)5-3-6-18(24)21-11-20-17(14-33-25(20)19-8-9-31-26(19)21)13-32-22-7-2-1-4-15(22)10-23(29)30/h1-9,11,14H,10,12-13,28H2,(H,29,30). The minimum absolute atomic E-state index is 0.0871. The van der Waals surface area contributed by atoms with Gasteiger partial charge in [0.2, 0.25) is 0 Å². The lowest BCUT2D eigenvalue weighted by atomic mass is 9.98. The average molecular weight is 445 g/mol. The molecule has 0 unspecified atom stereocenters. The summed E-state index contributed by atoms with van der Waals surface area (Å²) in [5.74, 6) is -0.838. The second-order valence-corrected chi connectivity index (χ2v) is 7.67. The Morgan fingerprint density at radius 3 is 2.58 bits per heavy atom. The van der Waals surface area contributed by atoms with Crippen LogP contribution in [0.15, 0.2) is 76.0 Å². The second-order valence-electron chi connectivity index (χ2n) is 7.67. The molecule has 0 fully saturated rings. The summed E-state index contributed by atoms with van der Waals surface area (Å²) in [4.78, 5) is 11.2. The van der Waals surface area contributed by atoms with Crippen LogP contribution in [-0.4, -0.2) is 11.1 Å². The summed E-state index contributed by atoms with van der Waals surface area (Å²) < 4.78 is 32.6.